The van der Waals surface area contributed by atoms with Crippen LogP contribution in [0.1, 0.15) is 17.0 Å². The van der Waals surface area contributed by atoms with Gasteiger partial charge >= 0.3 is 0 Å². The van der Waals surface area contributed by atoms with Gasteiger partial charge in [0.1, 0.15) is 11.6 Å². The lowest BCUT2D eigenvalue weighted by atomic mass is 10.1. The molecule has 4 nitrogen and oxygen atoms in total. The molecule has 0 saturated heterocycles. The van der Waals surface area contributed by atoms with Crippen molar-refractivity contribution in [3.05, 3.63) is 59.4 Å². The lowest BCUT2D eigenvalue weighted by Crippen LogP contribution is -2.30. The van der Waals surface area contributed by atoms with Gasteiger partial charge in [0, 0.05) is 23.1 Å². The number of aromatic nitrogens is 1. The third-order valence-corrected chi connectivity index (χ3v) is 4.25. The van der Waals surface area contributed by atoms with Crippen molar-refractivity contribution in [2.45, 2.75) is 33.0 Å². The highest BCUT2D eigenvalue weighted by atomic mass is 19.1. The van der Waals surface area contributed by atoms with Crippen molar-refractivity contribution in [3.8, 4) is 0 Å². The van der Waals surface area contributed by atoms with Crippen LogP contribution in [0.4, 0.5) is 4.39 Å². The minimum absolute atomic E-state index is 0.238. The van der Waals surface area contributed by atoms with E-state index in [9.17, 15) is 9.50 Å². The van der Waals surface area contributed by atoms with Crippen LogP contribution in [-0.2, 0) is 13.1 Å². The molecule has 0 amide bonds. The number of furan rings is 1. The summed E-state index contributed by atoms with van der Waals surface area (Å²) in [7, 11) is 0. The summed E-state index contributed by atoms with van der Waals surface area (Å²) < 4.78 is 20.7. The Morgan fingerprint density at radius 3 is 2.87 bits per heavy atom. The lowest BCUT2D eigenvalue weighted by Gasteiger charge is -2.15. The van der Waals surface area contributed by atoms with Gasteiger partial charge in [-0.1, -0.05) is 0 Å². The van der Waals surface area contributed by atoms with Gasteiger partial charge in [0.2, 0.25) is 0 Å². The van der Waals surface area contributed by atoms with Crippen LogP contribution in [0.5, 0.6) is 0 Å². The molecule has 5 heteroatoms. The Kier molecular flexibility index (Phi) is 4.50. The number of benzene rings is 1. The van der Waals surface area contributed by atoms with E-state index >= 15 is 0 Å². The third kappa shape index (κ3) is 3.30. The summed E-state index contributed by atoms with van der Waals surface area (Å²) in [6.07, 6.45) is 1.09. The van der Waals surface area contributed by atoms with E-state index in [4.69, 9.17) is 4.42 Å². The van der Waals surface area contributed by atoms with Gasteiger partial charge in [0.05, 0.1) is 25.5 Å². The largest absolute Gasteiger partial charge is 0.468 e. The van der Waals surface area contributed by atoms with Gasteiger partial charge in [-0.25, -0.2) is 4.39 Å². The van der Waals surface area contributed by atoms with Gasteiger partial charge in [-0.15, -0.1) is 0 Å². The smallest absolute Gasteiger partial charge is 0.123 e. The molecule has 0 fully saturated rings. The van der Waals surface area contributed by atoms with Gasteiger partial charge in [-0.05, 0) is 49.7 Å². The van der Waals surface area contributed by atoms with Gasteiger partial charge in [-0.2, -0.15) is 0 Å². The molecule has 2 heterocycles. The molecule has 2 aromatic heterocycles. The van der Waals surface area contributed by atoms with E-state index in [-0.39, 0.29) is 5.82 Å². The zero-order valence-corrected chi connectivity index (χ0v) is 13.3. The number of rotatable bonds is 6. The Balaban J connectivity index is 1.69. The number of aliphatic hydroxyl groups excluding tert-OH is 1. The van der Waals surface area contributed by atoms with E-state index in [1.54, 1.807) is 18.4 Å². The number of hydrogen-bond donors (Lipinski definition) is 2. The highest BCUT2D eigenvalue weighted by molar-refractivity contribution is 5.85. The second kappa shape index (κ2) is 6.56. The van der Waals surface area contributed by atoms with Crippen LogP contribution in [0.3, 0.4) is 0 Å². The Labute approximate surface area is 134 Å². The van der Waals surface area contributed by atoms with E-state index in [1.165, 1.54) is 6.07 Å². The number of hydrogen-bond acceptors (Lipinski definition) is 3. The Morgan fingerprint density at radius 2 is 2.13 bits per heavy atom. The predicted molar refractivity (Wildman–Crippen MR) is 87.8 cm³/mol. The van der Waals surface area contributed by atoms with Gasteiger partial charge < -0.3 is 19.4 Å². The fourth-order valence-electron chi connectivity index (χ4n) is 2.91. The van der Waals surface area contributed by atoms with E-state index in [0.717, 1.165) is 27.9 Å². The first-order valence-corrected chi connectivity index (χ1v) is 7.72. The molecule has 3 aromatic rings. The van der Waals surface area contributed by atoms with Crippen LogP contribution in [0.15, 0.2) is 41.0 Å². The molecule has 122 valence electrons. The number of halogens is 1. The fraction of sp³-hybridized carbons (Fsp3) is 0.333. The summed E-state index contributed by atoms with van der Waals surface area (Å²) >= 11 is 0. The normalized spacial score (nSPS) is 12.9. The van der Waals surface area contributed by atoms with Gasteiger partial charge in [0.25, 0.3) is 0 Å². The third-order valence-electron chi connectivity index (χ3n) is 4.25. The van der Waals surface area contributed by atoms with Crippen molar-refractivity contribution in [2.24, 2.45) is 0 Å². The quantitative estimate of drug-likeness (QED) is 0.734. The summed E-state index contributed by atoms with van der Waals surface area (Å²) in [5, 5.41) is 14.4. The van der Waals surface area contributed by atoms with Crippen LogP contribution in [0, 0.1) is 19.7 Å². The number of aliphatic hydroxyl groups is 1. The van der Waals surface area contributed by atoms with Gasteiger partial charge in [0.15, 0.2) is 0 Å². The Hall–Kier alpha value is -2.11. The summed E-state index contributed by atoms with van der Waals surface area (Å²) in [5.74, 6) is 0.601. The zero-order chi connectivity index (χ0) is 16.4. The maximum Gasteiger partial charge on any atom is 0.123 e. The zero-order valence-electron chi connectivity index (χ0n) is 13.3. The average Bonchev–Trinajstić information content (AvgIpc) is 3.11. The number of aryl methyl sites for hydroxylation is 1. The van der Waals surface area contributed by atoms with Crippen molar-refractivity contribution in [1.82, 2.24) is 9.88 Å². The van der Waals surface area contributed by atoms with Crippen molar-refractivity contribution < 1.29 is 13.9 Å². The molecule has 0 radical (unpaired) electrons. The molecule has 0 saturated carbocycles. The summed E-state index contributed by atoms with van der Waals surface area (Å²) in [4.78, 5) is 0. The molecule has 2 N–H and O–H groups in total. The Bertz CT molecular complexity index is 793. The Morgan fingerprint density at radius 1 is 1.30 bits per heavy atom. The van der Waals surface area contributed by atoms with Crippen LogP contribution in [0.2, 0.25) is 0 Å². The molecule has 0 spiro atoms. The topological polar surface area (TPSA) is 50.3 Å². The summed E-state index contributed by atoms with van der Waals surface area (Å²) in [5.41, 5.74) is 3.05. The first-order valence-electron chi connectivity index (χ1n) is 7.72. The van der Waals surface area contributed by atoms with Crippen LogP contribution in [0.25, 0.3) is 10.9 Å². The van der Waals surface area contributed by atoms with E-state index in [1.807, 2.05) is 30.5 Å². The van der Waals surface area contributed by atoms with Gasteiger partial charge in [-0.3, -0.25) is 0 Å². The molecule has 0 aliphatic rings. The van der Waals surface area contributed by atoms with Crippen molar-refractivity contribution in [2.75, 3.05) is 6.54 Å². The molecule has 23 heavy (non-hydrogen) atoms. The highest BCUT2D eigenvalue weighted by Crippen LogP contribution is 2.26. The van der Waals surface area contributed by atoms with E-state index in [2.05, 4.69) is 5.32 Å². The van der Waals surface area contributed by atoms with Crippen molar-refractivity contribution in [1.29, 1.82) is 0 Å². The standard InChI is InChI=1S/C18H21FN2O2/c1-12-13(2)21(18-6-5-14(19)8-17(12)18)11-15(22)9-20-10-16-4-3-7-23-16/h3-8,15,20,22H,9-11H2,1-2H3/t15-/m1/s1. The highest BCUT2D eigenvalue weighted by Gasteiger charge is 2.14. The molecule has 3 rings (SSSR count). The van der Waals surface area contributed by atoms with E-state index < -0.39 is 6.10 Å². The summed E-state index contributed by atoms with van der Waals surface area (Å²) in [6.45, 7) is 5.48. The molecule has 1 atom stereocenters. The second-order valence-corrected chi connectivity index (χ2v) is 5.85. The summed E-state index contributed by atoms with van der Waals surface area (Å²) in [6, 6.07) is 8.51. The van der Waals surface area contributed by atoms with Crippen molar-refractivity contribution >= 4 is 10.9 Å². The maximum absolute atomic E-state index is 13.4. The average molecular weight is 316 g/mol. The molecule has 0 bridgehead atoms. The molecule has 1 aromatic carbocycles. The minimum Gasteiger partial charge on any atom is -0.468 e. The number of nitrogens with one attached hydrogen (secondary N) is 1. The molecule has 0 aliphatic heterocycles. The fourth-order valence-corrected chi connectivity index (χ4v) is 2.91. The number of fused-ring (bicyclic) bond motifs is 1. The molecular weight excluding hydrogens is 295 g/mol. The first kappa shape index (κ1) is 15.8. The minimum atomic E-state index is -0.538. The van der Waals surface area contributed by atoms with Crippen LogP contribution < -0.4 is 5.32 Å². The predicted octanol–water partition coefficient (Wildman–Crippen LogP) is 3.14. The first-order chi connectivity index (χ1) is 11.1. The number of nitrogens with zero attached hydrogens (tertiary/aromatic N) is 1. The lowest BCUT2D eigenvalue weighted by molar-refractivity contribution is 0.151. The van der Waals surface area contributed by atoms with E-state index in [0.29, 0.717) is 19.6 Å². The monoisotopic (exact) mass is 316 g/mol. The second-order valence-electron chi connectivity index (χ2n) is 5.85. The van der Waals surface area contributed by atoms with Crippen LogP contribution in [-0.4, -0.2) is 22.3 Å². The molecular formula is C18H21FN2O2. The molecule has 0 aliphatic carbocycles. The van der Waals surface area contributed by atoms with Crippen LogP contribution >= 0.6 is 0 Å². The SMILES string of the molecule is Cc1c(C)n(C[C@H](O)CNCc2ccco2)c2ccc(F)cc12. The van der Waals surface area contributed by atoms with Crippen molar-refractivity contribution in [3.63, 3.8) is 0 Å². The molecule has 0 unspecified atom stereocenters. The maximum atomic E-state index is 13.4.